The van der Waals surface area contributed by atoms with Gasteiger partial charge in [0.15, 0.2) is 5.58 Å². The summed E-state index contributed by atoms with van der Waals surface area (Å²) in [6.45, 7) is 12.4. The summed E-state index contributed by atoms with van der Waals surface area (Å²) in [6.07, 6.45) is 1.54. The molecule has 1 aromatic carbocycles. The lowest BCUT2D eigenvalue weighted by Crippen LogP contribution is -2.37. The van der Waals surface area contributed by atoms with Crippen LogP contribution in [0.5, 0.6) is 5.75 Å². The second kappa shape index (κ2) is 28.4. The Morgan fingerprint density at radius 3 is 2.05 bits per heavy atom. The fraction of sp³-hybridized carbons (Fsp3) is 0.683. The van der Waals surface area contributed by atoms with Crippen LogP contribution >= 0.6 is 16.1 Å². The molecule has 2 aromatic rings. The second-order valence-corrected chi connectivity index (χ2v) is 18.6. The van der Waals surface area contributed by atoms with Gasteiger partial charge in [-0.2, -0.15) is 13.2 Å². The number of phenols is 1. The number of fused-ring (bicyclic) bond motifs is 1. The number of amides is 3. The maximum absolute atomic E-state index is 14.7. The number of unbranched alkanes of at least 4 members (excludes halogenated alkanes) is 5. The molecule has 0 saturated heterocycles. The highest BCUT2D eigenvalue weighted by molar-refractivity contribution is 7.63. The van der Waals surface area contributed by atoms with Crippen molar-refractivity contribution in [3.63, 3.8) is 0 Å². The molecule has 0 bridgehead atoms. The third-order valence-corrected chi connectivity index (χ3v) is 13.3. The fourth-order valence-electron chi connectivity index (χ4n) is 6.22. The summed E-state index contributed by atoms with van der Waals surface area (Å²) < 4.78 is 84.0. The Hall–Kier alpha value is -3.44. The first-order valence-corrected chi connectivity index (χ1v) is 23.8. The number of carbonyl (C=O) groups is 3. The summed E-state index contributed by atoms with van der Waals surface area (Å²) in [4.78, 5) is 52.0. The summed E-state index contributed by atoms with van der Waals surface area (Å²) in [5.74, 6) is -3.17. The molecule has 21 heteroatoms. The predicted molar refractivity (Wildman–Crippen MR) is 234 cm³/mol. The minimum absolute atomic E-state index is 0.00615. The molecule has 2 rings (SSSR count). The van der Waals surface area contributed by atoms with E-state index in [-0.39, 0.29) is 80.5 Å². The van der Waals surface area contributed by atoms with Crippen molar-refractivity contribution in [2.24, 2.45) is 4.99 Å². The molecular weight excluding hydrogens is 857 g/mol. The molecule has 0 aliphatic heterocycles. The van der Waals surface area contributed by atoms with Crippen molar-refractivity contribution in [2.75, 3.05) is 53.1 Å². The number of nitrogens with one attached hydrogen (secondary N) is 3. The minimum atomic E-state index is -5.04. The number of nitrogens with zero attached hydrogens (tertiary/aromatic N) is 2. The first-order valence-electron chi connectivity index (χ1n) is 21.1. The van der Waals surface area contributed by atoms with Gasteiger partial charge in [0, 0.05) is 76.2 Å². The summed E-state index contributed by atoms with van der Waals surface area (Å²) >= 11 is 0. The van der Waals surface area contributed by atoms with Gasteiger partial charge in [0.05, 0.1) is 26.4 Å². The van der Waals surface area contributed by atoms with Crippen molar-refractivity contribution in [1.29, 1.82) is 0 Å². The van der Waals surface area contributed by atoms with E-state index in [0.29, 0.717) is 56.5 Å². The molecule has 62 heavy (non-hydrogen) atoms. The van der Waals surface area contributed by atoms with Crippen LogP contribution in [0.2, 0.25) is 0 Å². The SMILES string of the molecule is CN=CCCOP(OCCCCCCNC(=O)CCc1cc2c(C)cc(=O)oc2c(P(=O)(OCCCCNC(C)=O)OCCCCNC(=O)C(F)(F)F)c1O)N(C(C)C)C(C)C. The van der Waals surface area contributed by atoms with E-state index in [4.69, 9.17) is 22.5 Å². The standard InChI is InChI=1S/C41H66F3N5O11P2/c1-29(2)49(30(3)4)61(57-24-16-19-45-7)56-23-13-9-8-10-21-47-35(51)18-17-33-28-34-31(5)27-36(52)60-38(34)39(37(33)53)62(55,58-25-14-11-20-46-32(6)50)59-26-15-12-22-48-40(54)41(42,43)44/h19,27-30,53H,8-18,20-26H2,1-7H3,(H,46,50)(H,47,51)(H,48,54). The molecule has 0 spiro atoms. The highest BCUT2D eigenvalue weighted by Gasteiger charge is 2.39. The smallest absolute Gasteiger partial charge is 0.471 e. The molecule has 16 nitrogen and oxygen atoms in total. The second-order valence-electron chi connectivity index (χ2n) is 15.1. The van der Waals surface area contributed by atoms with E-state index >= 15 is 0 Å². The Morgan fingerprint density at radius 1 is 0.887 bits per heavy atom. The minimum Gasteiger partial charge on any atom is -0.507 e. The first kappa shape index (κ1) is 54.7. The molecule has 0 fully saturated rings. The Labute approximate surface area is 363 Å². The van der Waals surface area contributed by atoms with E-state index in [2.05, 4.69) is 48.0 Å². The number of aryl methyl sites for hydroxylation is 2. The van der Waals surface area contributed by atoms with Crippen LogP contribution in [0.3, 0.4) is 0 Å². The van der Waals surface area contributed by atoms with Gasteiger partial charge in [0.25, 0.3) is 8.53 Å². The van der Waals surface area contributed by atoms with Crippen LogP contribution in [-0.4, -0.2) is 105 Å². The lowest BCUT2D eigenvalue weighted by molar-refractivity contribution is -0.173. The van der Waals surface area contributed by atoms with E-state index in [1.54, 1.807) is 25.4 Å². The number of rotatable bonds is 31. The van der Waals surface area contributed by atoms with Crippen molar-refractivity contribution >= 4 is 56.3 Å². The van der Waals surface area contributed by atoms with Crippen LogP contribution in [0, 0.1) is 6.92 Å². The Bertz CT molecular complexity index is 1840. The van der Waals surface area contributed by atoms with Crippen LogP contribution in [0.1, 0.15) is 110 Å². The summed E-state index contributed by atoms with van der Waals surface area (Å²) in [7, 11) is -4.05. The summed E-state index contributed by atoms with van der Waals surface area (Å²) in [6, 6.07) is 3.27. The number of carbonyl (C=O) groups excluding carboxylic acids is 3. The van der Waals surface area contributed by atoms with Crippen LogP contribution in [0.25, 0.3) is 11.0 Å². The van der Waals surface area contributed by atoms with E-state index in [1.807, 2.05) is 6.21 Å². The molecule has 0 aliphatic carbocycles. The predicted octanol–water partition coefficient (Wildman–Crippen LogP) is 7.11. The zero-order chi connectivity index (χ0) is 46.3. The molecule has 1 heterocycles. The van der Waals surface area contributed by atoms with Crippen LogP contribution in [0.15, 0.2) is 26.3 Å². The van der Waals surface area contributed by atoms with Gasteiger partial charge in [-0.3, -0.25) is 18.9 Å². The van der Waals surface area contributed by atoms with Gasteiger partial charge in [-0.25, -0.2) is 9.46 Å². The maximum atomic E-state index is 14.7. The number of benzene rings is 1. The third-order valence-electron chi connectivity index (χ3n) is 9.22. The zero-order valence-corrected chi connectivity index (χ0v) is 38.9. The molecule has 0 saturated carbocycles. The largest absolute Gasteiger partial charge is 0.507 e. The Balaban J connectivity index is 2.11. The maximum Gasteiger partial charge on any atom is 0.471 e. The highest BCUT2D eigenvalue weighted by atomic mass is 31.2. The molecule has 3 amide bonds. The summed E-state index contributed by atoms with van der Waals surface area (Å²) in [5, 5.41) is 18.8. The van der Waals surface area contributed by atoms with Crippen molar-refractivity contribution in [2.45, 2.75) is 130 Å². The Kier molecular flexibility index (Phi) is 25.0. The average Bonchev–Trinajstić information content (AvgIpc) is 3.18. The molecular formula is C41H66F3N5O11P2. The number of phenolic OH excluding ortho intramolecular Hbond substituents is 1. The molecule has 2 atom stereocenters. The van der Waals surface area contributed by atoms with Gasteiger partial charge < -0.3 is 48.6 Å². The van der Waals surface area contributed by atoms with Crippen LogP contribution in [0.4, 0.5) is 13.2 Å². The molecule has 2 unspecified atom stereocenters. The van der Waals surface area contributed by atoms with Gasteiger partial charge >= 0.3 is 25.3 Å². The van der Waals surface area contributed by atoms with Gasteiger partial charge in [0.2, 0.25) is 11.8 Å². The number of halogens is 3. The van der Waals surface area contributed by atoms with Gasteiger partial charge in [-0.05, 0) is 96.8 Å². The zero-order valence-electron chi connectivity index (χ0n) is 37.1. The van der Waals surface area contributed by atoms with Crippen molar-refractivity contribution in [3.05, 3.63) is 33.7 Å². The van der Waals surface area contributed by atoms with Crippen molar-refractivity contribution in [3.8, 4) is 5.75 Å². The monoisotopic (exact) mass is 923 g/mol. The van der Waals surface area contributed by atoms with Gasteiger partial charge in [-0.1, -0.05) is 12.8 Å². The first-order chi connectivity index (χ1) is 29.3. The molecule has 1 aromatic heterocycles. The summed E-state index contributed by atoms with van der Waals surface area (Å²) in [5.41, 5.74) is -0.398. The van der Waals surface area contributed by atoms with Crippen LogP contribution in [-0.2, 0) is 43.5 Å². The lowest BCUT2D eigenvalue weighted by atomic mass is 10.0. The third kappa shape index (κ3) is 19.5. The molecule has 352 valence electrons. The molecule has 4 N–H and O–H groups in total. The van der Waals surface area contributed by atoms with Gasteiger partial charge in [-0.15, -0.1) is 0 Å². The fourth-order valence-corrected chi connectivity index (χ4v) is 9.75. The van der Waals surface area contributed by atoms with E-state index in [1.165, 1.54) is 13.0 Å². The number of alkyl halides is 3. The highest BCUT2D eigenvalue weighted by Crippen LogP contribution is 2.52. The van der Waals surface area contributed by atoms with E-state index < -0.39 is 44.9 Å². The topological polar surface area (TPSA) is 207 Å². The number of hydrogen-bond donors (Lipinski definition) is 4. The Morgan fingerprint density at radius 2 is 1.45 bits per heavy atom. The van der Waals surface area contributed by atoms with Crippen LogP contribution < -0.4 is 26.9 Å². The lowest BCUT2D eigenvalue weighted by Gasteiger charge is -2.35. The van der Waals surface area contributed by atoms with E-state index in [0.717, 1.165) is 25.7 Å². The average molecular weight is 924 g/mol. The van der Waals surface area contributed by atoms with Crippen molar-refractivity contribution < 1.29 is 59.7 Å². The quantitative estimate of drug-likeness (QED) is 0.0258. The van der Waals surface area contributed by atoms with E-state index in [9.17, 15) is 42.0 Å². The van der Waals surface area contributed by atoms with Gasteiger partial charge in [0.1, 0.15) is 11.1 Å². The normalized spacial score (nSPS) is 13.6. The van der Waals surface area contributed by atoms with Crippen molar-refractivity contribution in [1.82, 2.24) is 20.6 Å². The number of aromatic hydroxyl groups is 1. The molecule has 0 aliphatic rings. The molecule has 0 radical (unpaired) electrons. The number of aliphatic imine (C=N–C) groups is 1. The number of hydrogen-bond acceptors (Lipinski definition) is 13.